The minimum atomic E-state index is -0.338. The largest absolute Gasteiger partial charge is 0.486 e. The van der Waals surface area contributed by atoms with E-state index in [0.29, 0.717) is 38.3 Å². The summed E-state index contributed by atoms with van der Waals surface area (Å²) in [6.07, 6.45) is 1.62. The number of carbonyl (C=O) groups excluding carboxylic acids is 2. The van der Waals surface area contributed by atoms with Crippen LogP contribution < -0.4 is 4.74 Å². The lowest BCUT2D eigenvalue weighted by atomic mass is 9.82. The van der Waals surface area contributed by atoms with Gasteiger partial charge in [0.05, 0.1) is 6.54 Å². The molecule has 42 heavy (non-hydrogen) atoms. The monoisotopic (exact) mass is 587 g/mol. The molecule has 0 aromatic heterocycles. The van der Waals surface area contributed by atoms with E-state index in [1.807, 2.05) is 29.2 Å². The number of rotatable bonds is 6. The standard InChI is InChI=1S/C35H42ClN3O3/c1-34(2,3)30-20-27(19-28-22-35(4,42-32(28)30)21-24-7-13-29(36)14-8-24)25-9-11-26(12-10-25)33(41)39-17-15-38(16-18-39)23-31(40)37(5)6/h7-14,19-20H,15-18,21-23H2,1-6H3. The normalized spacial score (nSPS) is 18.9. The van der Waals surface area contributed by atoms with E-state index in [2.05, 4.69) is 69.0 Å². The molecule has 7 heteroatoms. The summed E-state index contributed by atoms with van der Waals surface area (Å²) >= 11 is 6.11. The van der Waals surface area contributed by atoms with E-state index in [9.17, 15) is 9.59 Å². The maximum atomic E-state index is 13.3. The van der Waals surface area contributed by atoms with Gasteiger partial charge in [-0.1, -0.05) is 56.6 Å². The van der Waals surface area contributed by atoms with Crippen molar-refractivity contribution in [3.8, 4) is 16.9 Å². The molecule has 0 radical (unpaired) electrons. The van der Waals surface area contributed by atoms with Crippen LogP contribution in [0.3, 0.4) is 0 Å². The fourth-order valence-electron chi connectivity index (χ4n) is 5.91. The summed E-state index contributed by atoms with van der Waals surface area (Å²) in [5.74, 6) is 1.13. The molecule has 0 aliphatic carbocycles. The van der Waals surface area contributed by atoms with Gasteiger partial charge in [0, 0.05) is 69.3 Å². The highest BCUT2D eigenvalue weighted by Crippen LogP contribution is 2.46. The third-order valence-electron chi connectivity index (χ3n) is 8.36. The van der Waals surface area contributed by atoms with Gasteiger partial charge in [-0.15, -0.1) is 0 Å². The van der Waals surface area contributed by atoms with Gasteiger partial charge in [-0.05, 0) is 71.0 Å². The van der Waals surface area contributed by atoms with E-state index in [-0.39, 0.29) is 22.8 Å². The Hall–Kier alpha value is -3.35. The first kappa shape index (κ1) is 30.1. The highest BCUT2D eigenvalue weighted by Gasteiger charge is 2.38. The number of amides is 2. The van der Waals surface area contributed by atoms with Gasteiger partial charge in [0.1, 0.15) is 11.4 Å². The van der Waals surface area contributed by atoms with Crippen LogP contribution in [0.2, 0.25) is 5.02 Å². The molecule has 1 saturated heterocycles. The highest BCUT2D eigenvalue weighted by molar-refractivity contribution is 6.30. The lowest BCUT2D eigenvalue weighted by molar-refractivity contribution is -0.130. The van der Waals surface area contributed by atoms with Crippen molar-refractivity contribution in [2.24, 2.45) is 0 Å². The van der Waals surface area contributed by atoms with Crippen molar-refractivity contribution >= 4 is 23.4 Å². The molecule has 2 aliphatic rings. The average molecular weight is 588 g/mol. The smallest absolute Gasteiger partial charge is 0.253 e. The van der Waals surface area contributed by atoms with Crippen LogP contribution in [0.25, 0.3) is 11.1 Å². The third kappa shape index (κ3) is 6.66. The number of hydrogen-bond acceptors (Lipinski definition) is 4. The number of ether oxygens (including phenoxy) is 1. The van der Waals surface area contributed by atoms with Crippen molar-refractivity contribution in [2.45, 2.75) is 51.6 Å². The van der Waals surface area contributed by atoms with Gasteiger partial charge >= 0.3 is 0 Å². The fraction of sp³-hybridized carbons (Fsp3) is 0.429. The van der Waals surface area contributed by atoms with Crippen LogP contribution in [0.4, 0.5) is 0 Å². The van der Waals surface area contributed by atoms with Crippen molar-refractivity contribution in [2.75, 3.05) is 46.8 Å². The number of piperazine rings is 1. The lowest BCUT2D eigenvalue weighted by Crippen LogP contribution is -2.51. The van der Waals surface area contributed by atoms with Crippen LogP contribution >= 0.6 is 11.6 Å². The van der Waals surface area contributed by atoms with Crippen LogP contribution in [0.1, 0.15) is 54.7 Å². The number of nitrogens with zero attached hydrogens (tertiary/aromatic N) is 3. The van der Waals surface area contributed by atoms with Crippen LogP contribution in [0.15, 0.2) is 60.7 Å². The minimum absolute atomic E-state index is 0.0378. The van der Waals surface area contributed by atoms with Gasteiger partial charge in [-0.3, -0.25) is 14.5 Å². The molecule has 3 aromatic carbocycles. The van der Waals surface area contributed by atoms with E-state index >= 15 is 0 Å². The molecule has 3 aromatic rings. The summed E-state index contributed by atoms with van der Waals surface area (Å²) in [5.41, 5.74) is 6.09. The minimum Gasteiger partial charge on any atom is -0.486 e. The van der Waals surface area contributed by atoms with Gasteiger partial charge in [0.15, 0.2) is 0 Å². The molecule has 0 N–H and O–H groups in total. The van der Waals surface area contributed by atoms with Crippen LogP contribution in [0.5, 0.6) is 5.75 Å². The second-order valence-electron chi connectivity index (χ2n) is 13.2. The molecule has 1 unspecified atom stereocenters. The summed E-state index contributed by atoms with van der Waals surface area (Å²) in [7, 11) is 3.54. The van der Waals surface area contributed by atoms with Gasteiger partial charge in [-0.25, -0.2) is 0 Å². The maximum Gasteiger partial charge on any atom is 0.253 e. The molecule has 2 aliphatic heterocycles. The molecule has 0 bridgehead atoms. The van der Waals surface area contributed by atoms with Crippen LogP contribution in [-0.4, -0.2) is 78.9 Å². The molecule has 2 amide bonds. The number of benzene rings is 3. The highest BCUT2D eigenvalue weighted by atomic mass is 35.5. The molecule has 222 valence electrons. The second-order valence-corrected chi connectivity index (χ2v) is 13.7. The molecule has 6 nitrogen and oxygen atoms in total. The Morgan fingerprint density at radius 1 is 0.929 bits per heavy atom. The summed E-state index contributed by atoms with van der Waals surface area (Å²) in [6, 6.07) is 20.5. The van der Waals surface area contributed by atoms with Gasteiger partial charge in [0.25, 0.3) is 5.91 Å². The zero-order chi connectivity index (χ0) is 30.2. The summed E-state index contributed by atoms with van der Waals surface area (Å²) in [6.45, 7) is 11.9. The lowest BCUT2D eigenvalue weighted by Gasteiger charge is -2.34. The van der Waals surface area contributed by atoms with Crippen molar-refractivity contribution < 1.29 is 14.3 Å². The summed E-state index contributed by atoms with van der Waals surface area (Å²) in [5, 5.41) is 0.739. The number of likely N-dealkylation sites (N-methyl/N-ethyl adjacent to an activating group) is 1. The fourth-order valence-corrected chi connectivity index (χ4v) is 6.04. The topological polar surface area (TPSA) is 53.1 Å². The molecule has 0 saturated carbocycles. The molecular formula is C35H42ClN3O3. The van der Waals surface area contributed by atoms with E-state index in [1.54, 1.807) is 19.0 Å². The third-order valence-corrected chi connectivity index (χ3v) is 8.61. The van der Waals surface area contributed by atoms with E-state index in [0.717, 1.165) is 34.7 Å². The second kappa shape index (κ2) is 11.7. The van der Waals surface area contributed by atoms with Gasteiger partial charge in [-0.2, -0.15) is 0 Å². The Balaban J connectivity index is 1.32. The Labute approximate surface area is 255 Å². The average Bonchev–Trinajstić information content (AvgIpc) is 3.28. The number of hydrogen-bond donors (Lipinski definition) is 0. The zero-order valence-corrected chi connectivity index (χ0v) is 26.4. The first-order valence-electron chi connectivity index (χ1n) is 14.7. The number of halogens is 1. The first-order chi connectivity index (χ1) is 19.8. The van der Waals surface area contributed by atoms with E-state index in [4.69, 9.17) is 16.3 Å². The van der Waals surface area contributed by atoms with Crippen LogP contribution in [-0.2, 0) is 23.1 Å². The van der Waals surface area contributed by atoms with E-state index in [1.165, 1.54) is 16.7 Å². The maximum absolute atomic E-state index is 13.3. The zero-order valence-electron chi connectivity index (χ0n) is 25.7. The van der Waals surface area contributed by atoms with Crippen molar-refractivity contribution in [1.82, 2.24) is 14.7 Å². The molecule has 1 fully saturated rings. The Morgan fingerprint density at radius 3 is 2.17 bits per heavy atom. The molecule has 5 rings (SSSR count). The Kier molecular flexibility index (Phi) is 8.41. The van der Waals surface area contributed by atoms with Crippen molar-refractivity contribution in [3.05, 3.63) is 87.9 Å². The molecule has 0 spiro atoms. The summed E-state index contributed by atoms with van der Waals surface area (Å²) in [4.78, 5) is 30.9. The molecule has 2 heterocycles. The number of carbonyl (C=O) groups is 2. The van der Waals surface area contributed by atoms with Crippen LogP contribution in [0, 0.1) is 0 Å². The predicted molar refractivity (Wildman–Crippen MR) is 170 cm³/mol. The van der Waals surface area contributed by atoms with Crippen molar-refractivity contribution in [3.63, 3.8) is 0 Å². The van der Waals surface area contributed by atoms with Gasteiger partial charge < -0.3 is 14.5 Å². The molecular weight excluding hydrogens is 546 g/mol. The Bertz CT molecular complexity index is 1450. The number of fused-ring (bicyclic) bond motifs is 1. The SMILES string of the molecule is CN(C)C(=O)CN1CCN(C(=O)c2ccc(-c3cc4c(c(C(C)(C)C)c3)OC(C)(Cc3ccc(Cl)cc3)C4)cc2)CC1. The van der Waals surface area contributed by atoms with Crippen molar-refractivity contribution in [1.29, 1.82) is 0 Å². The Morgan fingerprint density at radius 2 is 1.57 bits per heavy atom. The van der Waals surface area contributed by atoms with Gasteiger partial charge in [0.2, 0.25) is 5.91 Å². The van der Waals surface area contributed by atoms with E-state index < -0.39 is 0 Å². The molecule has 1 atom stereocenters. The first-order valence-corrected chi connectivity index (χ1v) is 15.1. The quantitative estimate of drug-likeness (QED) is 0.350. The summed E-state index contributed by atoms with van der Waals surface area (Å²) < 4.78 is 6.73. The predicted octanol–water partition coefficient (Wildman–Crippen LogP) is 6.09.